The Morgan fingerprint density at radius 2 is 0.816 bits per heavy atom. The minimum Gasteiger partial charge on any atom is -0.324 e. The fourth-order valence-electron chi connectivity index (χ4n) is 7.41. The van der Waals surface area contributed by atoms with Gasteiger partial charge in [-0.05, 0) is 119 Å². The first kappa shape index (κ1) is 51.9. The number of benzene rings is 8. The van der Waals surface area contributed by atoms with Gasteiger partial charge in [0.25, 0.3) is 43.8 Å². The predicted octanol–water partition coefficient (Wildman–Crippen LogP) is 13.2. The second-order valence-electron chi connectivity index (χ2n) is 16.2. The second kappa shape index (κ2) is 22.0. The van der Waals surface area contributed by atoms with Crippen LogP contribution in [0.1, 0.15) is 20.7 Å². The molecule has 0 unspecified atom stereocenters. The molecule has 0 radical (unpaired) electrons. The van der Waals surface area contributed by atoms with Gasteiger partial charge in [-0.25, -0.2) is 36.5 Å². The number of nitrogens with one attached hydrogen (secondary N) is 8. The molecule has 26 heteroatoms. The maximum Gasteiger partial charge on any atom is 0.265 e. The Morgan fingerprint density at radius 3 is 1.21 bits per heavy atom. The number of aromatic nitrogens is 6. The number of H-pyrrole nitrogens is 2. The average Bonchev–Trinajstić information content (AvgIpc) is 4.04. The number of carbonyl (C=O) groups is 2. The highest BCUT2D eigenvalue weighted by Crippen LogP contribution is 2.46. The lowest BCUT2D eigenvalue weighted by Crippen LogP contribution is -2.18. The Bertz CT molecular complexity index is 3850. The van der Waals surface area contributed by atoms with Crippen molar-refractivity contribution in [2.24, 2.45) is 0 Å². The van der Waals surface area contributed by atoms with Crippen molar-refractivity contribution < 1.29 is 26.4 Å². The van der Waals surface area contributed by atoms with Crippen molar-refractivity contribution in [2.75, 3.05) is 30.7 Å². The first-order chi connectivity index (χ1) is 36.5. The van der Waals surface area contributed by atoms with Crippen LogP contribution in [0.4, 0.5) is 46.5 Å². The molecule has 0 aliphatic carbocycles. The third kappa shape index (κ3) is 12.1. The van der Waals surface area contributed by atoms with E-state index in [1.807, 2.05) is 84.9 Å². The SMILES string of the molecule is O=C(Nc1ccc(Cl)cc1)c1cc(S(=O)(=O)Nc2n[nH]c(Nc3ccc4ccccc4c3)n2)c(SSc2cc(Cl)c(C(=O)Nc3ccc(Cl)cc3)cc2S(=O)(=O)Nc2n[nH]c(Nc3ccc4ccccc4c3)n2)cc1Cl. The summed E-state index contributed by atoms with van der Waals surface area (Å²) < 4.78 is 62.9. The molecule has 0 spiro atoms. The van der Waals surface area contributed by atoms with Gasteiger partial charge in [0.05, 0.1) is 21.2 Å². The Labute approximate surface area is 460 Å². The van der Waals surface area contributed by atoms with Crippen LogP contribution in [0, 0.1) is 0 Å². The third-order valence-corrected chi connectivity index (χ3v) is 17.6. The van der Waals surface area contributed by atoms with E-state index in [4.69, 9.17) is 46.4 Å². The molecule has 2 amide bonds. The molecule has 0 saturated carbocycles. The summed E-state index contributed by atoms with van der Waals surface area (Å²) in [5.41, 5.74) is 1.46. The summed E-state index contributed by atoms with van der Waals surface area (Å²) in [6.45, 7) is 0. The quantitative estimate of drug-likeness (QED) is 0.0395. The first-order valence-corrected chi connectivity index (χ1v) is 28.7. The van der Waals surface area contributed by atoms with Crippen molar-refractivity contribution in [3.05, 3.63) is 189 Å². The average molecular weight is 1170 g/mol. The molecule has 10 aromatic rings. The summed E-state index contributed by atoms with van der Waals surface area (Å²) in [5.74, 6) is -2.07. The maximum atomic E-state index is 14.5. The fourth-order valence-corrected chi connectivity index (χ4v) is 13.7. The molecule has 382 valence electrons. The van der Waals surface area contributed by atoms with Gasteiger partial charge in [0.1, 0.15) is 9.79 Å². The van der Waals surface area contributed by atoms with E-state index in [0.29, 0.717) is 32.8 Å². The minimum atomic E-state index is -4.71. The molecule has 8 N–H and O–H groups in total. The molecule has 2 aromatic heterocycles. The van der Waals surface area contributed by atoms with Crippen molar-refractivity contribution >= 4 is 168 Å². The van der Waals surface area contributed by atoms with Crippen molar-refractivity contribution in [3.63, 3.8) is 0 Å². The molecule has 76 heavy (non-hydrogen) atoms. The maximum absolute atomic E-state index is 14.5. The van der Waals surface area contributed by atoms with Gasteiger partial charge in [0, 0.05) is 42.6 Å². The Hall–Kier alpha value is -7.54. The molecule has 18 nitrogen and oxygen atoms in total. The van der Waals surface area contributed by atoms with Crippen LogP contribution in [0.2, 0.25) is 20.1 Å². The van der Waals surface area contributed by atoms with Crippen LogP contribution in [0.3, 0.4) is 0 Å². The number of amides is 2. The molecule has 0 fully saturated rings. The van der Waals surface area contributed by atoms with Gasteiger partial charge in [-0.3, -0.25) is 9.59 Å². The largest absolute Gasteiger partial charge is 0.324 e. The van der Waals surface area contributed by atoms with E-state index in [2.05, 4.69) is 61.1 Å². The Morgan fingerprint density at radius 1 is 0.447 bits per heavy atom. The number of hydrogen-bond donors (Lipinski definition) is 8. The molecular weight excluding hydrogens is 1130 g/mol. The van der Waals surface area contributed by atoms with Gasteiger partial charge in [-0.15, -0.1) is 10.2 Å². The number of rotatable bonds is 17. The van der Waals surface area contributed by atoms with Crippen LogP contribution in [-0.2, 0) is 20.0 Å². The van der Waals surface area contributed by atoms with Crippen LogP contribution in [0.25, 0.3) is 21.5 Å². The predicted molar refractivity (Wildman–Crippen MR) is 302 cm³/mol. The van der Waals surface area contributed by atoms with Gasteiger partial charge in [0.15, 0.2) is 0 Å². The van der Waals surface area contributed by atoms with E-state index < -0.39 is 41.7 Å². The number of fused-ring (bicyclic) bond motifs is 2. The third-order valence-electron chi connectivity index (χ3n) is 11.0. The molecule has 0 atom stereocenters. The minimum absolute atomic E-state index is 0.0778. The van der Waals surface area contributed by atoms with Crippen LogP contribution < -0.4 is 30.7 Å². The summed E-state index contributed by atoms with van der Waals surface area (Å²) in [6, 6.07) is 43.6. The molecule has 0 aliphatic rings. The highest BCUT2D eigenvalue weighted by Gasteiger charge is 2.29. The molecule has 8 aromatic carbocycles. The van der Waals surface area contributed by atoms with Crippen LogP contribution >= 0.6 is 68.0 Å². The number of sulfonamides is 2. The number of nitrogens with zero attached hydrogens (tertiary/aromatic N) is 4. The highest BCUT2D eigenvalue weighted by molar-refractivity contribution is 8.76. The first-order valence-electron chi connectivity index (χ1n) is 22.1. The van der Waals surface area contributed by atoms with Crippen molar-refractivity contribution in [1.82, 2.24) is 30.4 Å². The molecular formula is C50H34Cl4N12O6S4. The lowest BCUT2D eigenvalue weighted by atomic mass is 10.1. The normalized spacial score (nSPS) is 11.6. The Kier molecular flexibility index (Phi) is 15.0. The molecule has 2 heterocycles. The van der Waals surface area contributed by atoms with E-state index in [1.54, 1.807) is 48.5 Å². The topological polar surface area (TPSA) is 258 Å². The van der Waals surface area contributed by atoms with Crippen molar-refractivity contribution in [1.29, 1.82) is 0 Å². The summed E-state index contributed by atoms with van der Waals surface area (Å²) in [5, 5.41) is 29.3. The lowest BCUT2D eigenvalue weighted by molar-refractivity contribution is 0.101. The molecule has 10 rings (SSSR count). The standard InChI is InChI=1S/C50H34Cl4N12O6S4/c51-31-11-17-33(18-12-31)55-45(67)37-23-43(75(69,70)65-49-59-47(61-63-49)57-35-15-9-27-5-1-3-7-29(27)21-35)41(25-39(37)53)73-74-42-26-40(54)38(46(68)56-34-19-13-32(52)14-20-34)24-44(42)76(71,72)66-50-60-48(62-64-50)58-36-16-10-28-6-2-4-8-30(28)22-36/h1-26H,(H,55,67)(H,56,68)(H3,57,59,61,63,65)(H3,58,60,62,64,66). The highest BCUT2D eigenvalue weighted by atomic mass is 35.5. The smallest absolute Gasteiger partial charge is 0.265 e. The number of aromatic amines is 2. The summed E-state index contributed by atoms with van der Waals surface area (Å²) in [6.07, 6.45) is 0. The summed E-state index contributed by atoms with van der Waals surface area (Å²) >= 11 is 25.6. The van der Waals surface area contributed by atoms with Crippen molar-refractivity contribution in [2.45, 2.75) is 19.6 Å². The number of halogens is 4. The molecule has 0 aliphatic heterocycles. The van der Waals surface area contributed by atoms with Gasteiger partial charge < -0.3 is 21.3 Å². The van der Waals surface area contributed by atoms with Crippen LogP contribution in [-0.4, -0.2) is 59.0 Å². The molecule has 0 saturated heterocycles. The molecule has 0 bridgehead atoms. The van der Waals surface area contributed by atoms with E-state index in [-0.39, 0.29) is 54.8 Å². The van der Waals surface area contributed by atoms with Gasteiger partial charge in [-0.1, -0.05) is 129 Å². The zero-order valence-corrected chi connectivity index (χ0v) is 44.7. The zero-order valence-electron chi connectivity index (χ0n) is 38.4. The number of hydrogen-bond acceptors (Lipinski definition) is 14. The van der Waals surface area contributed by atoms with E-state index >= 15 is 0 Å². The zero-order chi connectivity index (χ0) is 53.1. The van der Waals surface area contributed by atoms with Gasteiger partial charge >= 0.3 is 0 Å². The van der Waals surface area contributed by atoms with Crippen molar-refractivity contribution in [3.8, 4) is 0 Å². The second-order valence-corrected chi connectivity index (χ2v) is 23.4. The summed E-state index contributed by atoms with van der Waals surface area (Å²) in [7, 11) is -7.93. The van der Waals surface area contributed by atoms with Gasteiger partial charge in [0.2, 0.25) is 11.9 Å². The van der Waals surface area contributed by atoms with E-state index in [1.165, 1.54) is 12.1 Å². The lowest BCUT2D eigenvalue weighted by Gasteiger charge is -2.16. The van der Waals surface area contributed by atoms with E-state index in [9.17, 15) is 26.4 Å². The van der Waals surface area contributed by atoms with Crippen LogP contribution in [0.15, 0.2) is 177 Å². The number of anilines is 8. The van der Waals surface area contributed by atoms with E-state index in [0.717, 1.165) is 55.3 Å². The number of carbonyl (C=O) groups excluding carboxylic acids is 2. The summed E-state index contributed by atoms with van der Waals surface area (Å²) in [4.78, 5) is 35.0. The monoisotopic (exact) mass is 1170 g/mol. The fraction of sp³-hybridized carbons (Fsp3) is 0. The van der Waals surface area contributed by atoms with Gasteiger partial charge in [-0.2, -0.15) is 9.97 Å². The van der Waals surface area contributed by atoms with Crippen LogP contribution in [0.5, 0.6) is 0 Å². The Balaban J connectivity index is 0.972.